The highest BCUT2D eigenvalue weighted by Crippen LogP contribution is 2.28. The van der Waals surface area contributed by atoms with Crippen LogP contribution in [0.25, 0.3) is 0 Å². The van der Waals surface area contributed by atoms with Gasteiger partial charge in [0.25, 0.3) is 0 Å². The first kappa shape index (κ1) is 13.1. The molecule has 0 amide bonds. The van der Waals surface area contributed by atoms with E-state index in [4.69, 9.17) is 21.1 Å². The van der Waals surface area contributed by atoms with Gasteiger partial charge < -0.3 is 9.47 Å². The molecular formula is C13H16ClNO3. The van der Waals surface area contributed by atoms with Crippen molar-refractivity contribution in [3.05, 3.63) is 23.4 Å². The Morgan fingerprint density at radius 3 is 2.61 bits per heavy atom. The first-order chi connectivity index (χ1) is 8.69. The lowest BCUT2D eigenvalue weighted by Crippen LogP contribution is -2.28. The van der Waals surface area contributed by atoms with Crippen LogP contribution in [-0.2, 0) is 9.53 Å². The molecule has 2 rings (SSSR count). The predicted octanol–water partition coefficient (Wildman–Crippen LogP) is 2.85. The van der Waals surface area contributed by atoms with Gasteiger partial charge in [0.15, 0.2) is 0 Å². The number of pyridine rings is 1. The van der Waals surface area contributed by atoms with Crippen LogP contribution < -0.4 is 4.74 Å². The van der Waals surface area contributed by atoms with E-state index in [1.165, 1.54) is 7.11 Å². The van der Waals surface area contributed by atoms with E-state index in [-0.39, 0.29) is 18.0 Å². The number of halogens is 1. The Morgan fingerprint density at radius 2 is 2.06 bits per heavy atom. The van der Waals surface area contributed by atoms with E-state index in [1.54, 1.807) is 18.3 Å². The van der Waals surface area contributed by atoms with Gasteiger partial charge in [-0.2, -0.15) is 0 Å². The molecule has 1 fully saturated rings. The largest absolute Gasteiger partial charge is 0.474 e. The van der Waals surface area contributed by atoms with Crippen molar-refractivity contribution in [3.63, 3.8) is 0 Å². The van der Waals surface area contributed by atoms with Crippen LogP contribution in [0, 0.1) is 5.92 Å². The molecule has 5 heteroatoms. The van der Waals surface area contributed by atoms with Gasteiger partial charge in [0.05, 0.1) is 18.1 Å². The van der Waals surface area contributed by atoms with Crippen molar-refractivity contribution >= 4 is 17.6 Å². The minimum atomic E-state index is -0.113. The zero-order chi connectivity index (χ0) is 13.0. The van der Waals surface area contributed by atoms with Gasteiger partial charge in [0.2, 0.25) is 5.88 Å². The van der Waals surface area contributed by atoms with E-state index in [0.29, 0.717) is 10.9 Å². The third-order valence-corrected chi connectivity index (χ3v) is 3.42. The van der Waals surface area contributed by atoms with Crippen molar-refractivity contribution in [1.82, 2.24) is 4.98 Å². The Hall–Kier alpha value is -1.29. The minimum Gasteiger partial charge on any atom is -0.474 e. The predicted molar refractivity (Wildman–Crippen MR) is 67.6 cm³/mol. The average molecular weight is 270 g/mol. The summed E-state index contributed by atoms with van der Waals surface area (Å²) in [6, 6.07) is 3.51. The lowest BCUT2D eigenvalue weighted by atomic mass is 9.87. The summed E-state index contributed by atoms with van der Waals surface area (Å²) in [6.45, 7) is 0. The molecule has 4 nitrogen and oxygen atoms in total. The van der Waals surface area contributed by atoms with E-state index in [0.717, 1.165) is 25.7 Å². The number of carbonyl (C=O) groups excluding carboxylic acids is 1. The number of ether oxygens (including phenoxy) is 2. The number of hydrogen-bond donors (Lipinski definition) is 0. The molecule has 1 saturated carbocycles. The Kier molecular flexibility index (Phi) is 4.42. The molecule has 0 bridgehead atoms. The van der Waals surface area contributed by atoms with Gasteiger partial charge in [-0.05, 0) is 31.7 Å². The second-order valence-electron chi connectivity index (χ2n) is 4.43. The smallest absolute Gasteiger partial charge is 0.308 e. The van der Waals surface area contributed by atoms with Crippen molar-refractivity contribution in [3.8, 4) is 5.88 Å². The highest BCUT2D eigenvalue weighted by molar-refractivity contribution is 6.30. The fraction of sp³-hybridized carbons (Fsp3) is 0.538. The standard InChI is InChI=1S/C13H16ClNO3/c1-17-13(16)9-2-5-11(6-3-9)18-12-7-4-10(14)8-15-12/h4,7-9,11H,2-3,5-6H2,1H3. The summed E-state index contributed by atoms with van der Waals surface area (Å²) in [7, 11) is 1.43. The minimum absolute atomic E-state index is 0.0213. The number of carbonyl (C=O) groups is 1. The van der Waals surface area contributed by atoms with E-state index < -0.39 is 0 Å². The monoisotopic (exact) mass is 269 g/mol. The number of nitrogens with zero attached hydrogens (tertiary/aromatic N) is 1. The highest BCUT2D eigenvalue weighted by Gasteiger charge is 2.27. The first-order valence-corrected chi connectivity index (χ1v) is 6.43. The molecule has 0 saturated heterocycles. The molecule has 0 atom stereocenters. The Labute approximate surface area is 111 Å². The lowest BCUT2D eigenvalue weighted by Gasteiger charge is -2.27. The number of rotatable bonds is 3. The maximum atomic E-state index is 11.4. The normalized spacial score (nSPS) is 23.4. The van der Waals surface area contributed by atoms with Crippen LogP contribution in [0.4, 0.5) is 0 Å². The molecule has 0 aromatic carbocycles. The molecular weight excluding hydrogens is 254 g/mol. The van der Waals surface area contributed by atoms with Crippen LogP contribution in [0.15, 0.2) is 18.3 Å². The summed E-state index contributed by atoms with van der Waals surface area (Å²) in [4.78, 5) is 15.5. The number of methoxy groups -OCH3 is 1. The summed E-state index contributed by atoms with van der Waals surface area (Å²) < 4.78 is 10.5. The number of esters is 1. The summed E-state index contributed by atoms with van der Waals surface area (Å²) in [5.74, 6) is 0.493. The summed E-state index contributed by atoms with van der Waals surface area (Å²) in [5, 5.41) is 0.594. The van der Waals surface area contributed by atoms with Gasteiger partial charge in [0, 0.05) is 12.3 Å². The average Bonchev–Trinajstić information content (AvgIpc) is 2.41. The van der Waals surface area contributed by atoms with Gasteiger partial charge in [-0.25, -0.2) is 4.98 Å². The molecule has 0 N–H and O–H groups in total. The molecule has 0 radical (unpaired) electrons. The lowest BCUT2D eigenvalue weighted by molar-refractivity contribution is -0.147. The first-order valence-electron chi connectivity index (χ1n) is 6.05. The van der Waals surface area contributed by atoms with Gasteiger partial charge in [-0.3, -0.25) is 4.79 Å². The molecule has 1 aromatic heterocycles. The van der Waals surface area contributed by atoms with E-state index in [2.05, 4.69) is 4.98 Å². The van der Waals surface area contributed by atoms with Crippen LogP contribution in [-0.4, -0.2) is 24.2 Å². The Bertz CT molecular complexity index is 399. The molecule has 1 aliphatic rings. The van der Waals surface area contributed by atoms with E-state index in [1.807, 2.05) is 0 Å². The maximum Gasteiger partial charge on any atom is 0.308 e. The molecule has 0 aliphatic heterocycles. The van der Waals surface area contributed by atoms with Crippen LogP contribution >= 0.6 is 11.6 Å². The summed E-state index contributed by atoms with van der Waals surface area (Å²) in [5.41, 5.74) is 0. The van der Waals surface area contributed by atoms with E-state index in [9.17, 15) is 4.79 Å². The number of aromatic nitrogens is 1. The highest BCUT2D eigenvalue weighted by atomic mass is 35.5. The second-order valence-corrected chi connectivity index (χ2v) is 4.87. The molecule has 0 spiro atoms. The molecule has 0 unspecified atom stereocenters. The van der Waals surface area contributed by atoms with Crippen molar-refractivity contribution in [2.24, 2.45) is 5.92 Å². The fourth-order valence-corrected chi connectivity index (χ4v) is 2.30. The second kappa shape index (κ2) is 6.05. The van der Waals surface area contributed by atoms with Crippen LogP contribution in [0.5, 0.6) is 5.88 Å². The van der Waals surface area contributed by atoms with Gasteiger partial charge >= 0.3 is 5.97 Å². The van der Waals surface area contributed by atoms with Crippen molar-refractivity contribution in [1.29, 1.82) is 0 Å². The number of hydrogen-bond acceptors (Lipinski definition) is 4. The van der Waals surface area contributed by atoms with Crippen LogP contribution in [0.2, 0.25) is 5.02 Å². The van der Waals surface area contributed by atoms with E-state index >= 15 is 0 Å². The maximum absolute atomic E-state index is 11.4. The van der Waals surface area contributed by atoms with Crippen LogP contribution in [0.1, 0.15) is 25.7 Å². The molecule has 1 aliphatic carbocycles. The third kappa shape index (κ3) is 3.35. The quantitative estimate of drug-likeness (QED) is 0.792. The summed E-state index contributed by atoms with van der Waals surface area (Å²) >= 11 is 5.75. The van der Waals surface area contributed by atoms with Crippen molar-refractivity contribution < 1.29 is 14.3 Å². The summed E-state index contributed by atoms with van der Waals surface area (Å²) in [6.07, 6.45) is 5.01. The zero-order valence-corrected chi connectivity index (χ0v) is 11.0. The molecule has 98 valence electrons. The zero-order valence-electron chi connectivity index (χ0n) is 10.3. The van der Waals surface area contributed by atoms with Gasteiger partial charge in [0.1, 0.15) is 6.10 Å². The SMILES string of the molecule is COC(=O)C1CCC(Oc2ccc(Cl)cn2)CC1. The van der Waals surface area contributed by atoms with Crippen molar-refractivity contribution in [2.75, 3.05) is 7.11 Å². The molecule has 1 heterocycles. The fourth-order valence-electron chi connectivity index (χ4n) is 2.19. The third-order valence-electron chi connectivity index (χ3n) is 3.20. The Balaban J connectivity index is 1.83. The topological polar surface area (TPSA) is 48.4 Å². The molecule has 18 heavy (non-hydrogen) atoms. The Morgan fingerprint density at radius 1 is 1.33 bits per heavy atom. The van der Waals surface area contributed by atoms with Crippen molar-refractivity contribution in [2.45, 2.75) is 31.8 Å². The molecule has 1 aromatic rings. The van der Waals surface area contributed by atoms with Gasteiger partial charge in [-0.1, -0.05) is 11.6 Å². The van der Waals surface area contributed by atoms with Gasteiger partial charge in [-0.15, -0.1) is 0 Å². The van der Waals surface area contributed by atoms with Crippen LogP contribution in [0.3, 0.4) is 0 Å².